The van der Waals surface area contributed by atoms with E-state index in [4.69, 9.17) is 9.15 Å². The summed E-state index contributed by atoms with van der Waals surface area (Å²) in [6.45, 7) is 3.90. The Bertz CT molecular complexity index is 833. The second kappa shape index (κ2) is 6.84. The average molecular weight is 438 g/mol. The lowest BCUT2D eigenvalue weighted by Crippen LogP contribution is -2.04. The molecule has 1 aromatic heterocycles. The van der Waals surface area contributed by atoms with Gasteiger partial charge in [-0.1, -0.05) is 33.6 Å². The summed E-state index contributed by atoms with van der Waals surface area (Å²) in [6.07, 6.45) is -0.349. The fourth-order valence-electron chi connectivity index (χ4n) is 2.11. The topological polar surface area (TPSA) is 48.2 Å². The first-order chi connectivity index (χ1) is 11.0. The van der Waals surface area contributed by atoms with Crippen molar-refractivity contribution < 1.29 is 9.15 Å². The van der Waals surface area contributed by atoms with Crippen LogP contribution < -0.4 is 4.74 Å². The molecule has 3 aromatic rings. The van der Waals surface area contributed by atoms with E-state index < -0.39 is 0 Å². The number of rotatable bonds is 4. The number of halogens is 2. The van der Waals surface area contributed by atoms with Crippen LogP contribution in [0.4, 0.5) is 0 Å². The van der Waals surface area contributed by atoms with Crippen LogP contribution in [0, 0.1) is 6.92 Å². The number of hydrogen-bond acceptors (Lipinski definition) is 4. The van der Waals surface area contributed by atoms with E-state index in [1.165, 1.54) is 0 Å². The highest BCUT2D eigenvalue weighted by atomic mass is 79.9. The molecule has 0 aliphatic heterocycles. The van der Waals surface area contributed by atoms with Gasteiger partial charge in [0.1, 0.15) is 5.75 Å². The van der Waals surface area contributed by atoms with Crippen molar-refractivity contribution in [2.75, 3.05) is 0 Å². The van der Waals surface area contributed by atoms with Crippen LogP contribution in [-0.4, -0.2) is 10.2 Å². The number of ether oxygens (including phenoxy) is 1. The van der Waals surface area contributed by atoms with Crippen molar-refractivity contribution in [1.82, 2.24) is 10.2 Å². The van der Waals surface area contributed by atoms with Crippen molar-refractivity contribution in [2.45, 2.75) is 20.0 Å². The molecule has 4 nitrogen and oxygen atoms in total. The van der Waals surface area contributed by atoms with Gasteiger partial charge >= 0.3 is 0 Å². The Kier molecular flexibility index (Phi) is 4.82. The zero-order valence-corrected chi connectivity index (χ0v) is 15.8. The summed E-state index contributed by atoms with van der Waals surface area (Å²) in [6, 6.07) is 13.7. The van der Waals surface area contributed by atoms with E-state index >= 15 is 0 Å². The molecule has 0 N–H and O–H groups in total. The SMILES string of the molecule is Cc1cccc(-c2nnc(C(C)Oc3ccc(Br)cc3Br)o2)c1. The lowest BCUT2D eigenvalue weighted by Gasteiger charge is -2.12. The number of hydrogen-bond donors (Lipinski definition) is 0. The Hall–Kier alpha value is -1.66. The van der Waals surface area contributed by atoms with Crippen LogP contribution in [0.25, 0.3) is 11.5 Å². The molecule has 1 unspecified atom stereocenters. The summed E-state index contributed by atoms with van der Waals surface area (Å²) >= 11 is 6.89. The maximum absolute atomic E-state index is 5.90. The Morgan fingerprint density at radius 3 is 2.65 bits per heavy atom. The van der Waals surface area contributed by atoms with Gasteiger partial charge in [0.05, 0.1) is 4.47 Å². The largest absolute Gasteiger partial charge is 0.480 e. The minimum Gasteiger partial charge on any atom is -0.480 e. The van der Waals surface area contributed by atoms with Crippen molar-refractivity contribution in [3.8, 4) is 17.2 Å². The molecule has 0 amide bonds. The summed E-state index contributed by atoms with van der Waals surface area (Å²) in [5.74, 6) is 1.65. The van der Waals surface area contributed by atoms with E-state index in [2.05, 4.69) is 42.1 Å². The first-order valence-electron chi connectivity index (χ1n) is 7.05. The van der Waals surface area contributed by atoms with E-state index in [1.807, 2.05) is 56.3 Å². The van der Waals surface area contributed by atoms with Crippen LogP contribution >= 0.6 is 31.9 Å². The second-order valence-corrected chi connectivity index (χ2v) is 6.92. The Morgan fingerprint density at radius 1 is 1.09 bits per heavy atom. The zero-order chi connectivity index (χ0) is 16.4. The molecule has 3 rings (SSSR count). The van der Waals surface area contributed by atoms with Gasteiger partial charge in [-0.3, -0.25) is 0 Å². The Balaban J connectivity index is 1.79. The van der Waals surface area contributed by atoms with Crippen molar-refractivity contribution in [3.05, 3.63) is 62.9 Å². The predicted molar refractivity (Wildman–Crippen MR) is 95.4 cm³/mol. The van der Waals surface area contributed by atoms with Crippen LogP contribution in [-0.2, 0) is 0 Å². The molecule has 0 spiro atoms. The molecule has 0 aliphatic carbocycles. The second-order valence-electron chi connectivity index (χ2n) is 5.15. The van der Waals surface area contributed by atoms with E-state index in [-0.39, 0.29) is 6.10 Å². The molecular weight excluding hydrogens is 424 g/mol. The first kappa shape index (κ1) is 16.2. The van der Waals surface area contributed by atoms with Gasteiger partial charge in [-0.05, 0) is 60.1 Å². The van der Waals surface area contributed by atoms with Crippen LogP contribution in [0.1, 0.15) is 24.5 Å². The van der Waals surface area contributed by atoms with Gasteiger partial charge in [-0.2, -0.15) is 0 Å². The number of benzene rings is 2. The predicted octanol–water partition coefficient (Wildman–Crippen LogP) is 5.71. The Morgan fingerprint density at radius 2 is 1.91 bits per heavy atom. The minimum atomic E-state index is -0.349. The maximum atomic E-state index is 5.90. The highest BCUT2D eigenvalue weighted by molar-refractivity contribution is 9.11. The molecule has 118 valence electrons. The van der Waals surface area contributed by atoms with Gasteiger partial charge < -0.3 is 9.15 Å². The Labute approximate surface area is 151 Å². The zero-order valence-electron chi connectivity index (χ0n) is 12.6. The maximum Gasteiger partial charge on any atom is 0.257 e. The van der Waals surface area contributed by atoms with Crippen molar-refractivity contribution in [3.63, 3.8) is 0 Å². The normalized spacial score (nSPS) is 12.2. The van der Waals surface area contributed by atoms with E-state index in [0.717, 1.165) is 25.8 Å². The van der Waals surface area contributed by atoms with Crippen LogP contribution in [0.2, 0.25) is 0 Å². The highest BCUT2D eigenvalue weighted by Crippen LogP contribution is 2.32. The molecule has 1 atom stereocenters. The molecule has 0 saturated heterocycles. The third-order valence-electron chi connectivity index (χ3n) is 3.25. The van der Waals surface area contributed by atoms with Crippen LogP contribution in [0.15, 0.2) is 55.8 Å². The van der Waals surface area contributed by atoms with E-state index in [9.17, 15) is 0 Å². The molecule has 0 fully saturated rings. The van der Waals surface area contributed by atoms with Gasteiger partial charge in [0.25, 0.3) is 5.89 Å². The number of nitrogens with zero attached hydrogens (tertiary/aromatic N) is 2. The van der Waals surface area contributed by atoms with Gasteiger partial charge in [-0.15, -0.1) is 10.2 Å². The van der Waals surface area contributed by atoms with Gasteiger partial charge in [-0.25, -0.2) is 0 Å². The molecule has 1 heterocycles. The monoisotopic (exact) mass is 436 g/mol. The summed E-state index contributed by atoms with van der Waals surface area (Å²) < 4.78 is 13.5. The van der Waals surface area contributed by atoms with Crippen LogP contribution in [0.3, 0.4) is 0 Å². The molecule has 23 heavy (non-hydrogen) atoms. The standard InChI is InChI=1S/C17H14Br2N2O2/c1-10-4-3-5-12(8-10)17-21-20-16(23-17)11(2)22-15-7-6-13(18)9-14(15)19/h3-9,11H,1-2H3. The molecular formula is C17H14Br2N2O2. The summed E-state index contributed by atoms with van der Waals surface area (Å²) in [7, 11) is 0. The lowest BCUT2D eigenvalue weighted by molar-refractivity contribution is 0.188. The quantitative estimate of drug-likeness (QED) is 0.524. The minimum absolute atomic E-state index is 0.349. The lowest BCUT2D eigenvalue weighted by atomic mass is 10.1. The van der Waals surface area contributed by atoms with Crippen molar-refractivity contribution >= 4 is 31.9 Å². The van der Waals surface area contributed by atoms with E-state index in [1.54, 1.807) is 0 Å². The highest BCUT2D eigenvalue weighted by Gasteiger charge is 2.17. The van der Waals surface area contributed by atoms with Gasteiger partial charge in [0.15, 0.2) is 6.10 Å². The van der Waals surface area contributed by atoms with Crippen molar-refractivity contribution in [1.29, 1.82) is 0 Å². The average Bonchev–Trinajstić information content (AvgIpc) is 3.00. The number of aryl methyl sites for hydroxylation is 1. The third-order valence-corrected chi connectivity index (χ3v) is 4.36. The number of aromatic nitrogens is 2. The molecule has 2 aromatic carbocycles. The summed E-state index contributed by atoms with van der Waals surface area (Å²) in [5.41, 5.74) is 2.05. The van der Waals surface area contributed by atoms with E-state index in [0.29, 0.717) is 11.8 Å². The van der Waals surface area contributed by atoms with Gasteiger partial charge in [0, 0.05) is 10.0 Å². The molecule has 0 bridgehead atoms. The third kappa shape index (κ3) is 3.82. The smallest absolute Gasteiger partial charge is 0.257 e. The molecule has 0 radical (unpaired) electrons. The summed E-state index contributed by atoms with van der Waals surface area (Å²) in [4.78, 5) is 0. The van der Waals surface area contributed by atoms with Gasteiger partial charge in [0.2, 0.25) is 5.89 Å². The summed E-state index contributed by atoms with van der Waals surface area (Å²) in [5, 5.41) is 8.21. The first-order valence-corrected chi connectivity index (χ1v) is 8.63. The van der Waals surface area contributed by atoms with Crippen molar-refractivity contribution in [2.24, 2.45) is 0 Å². The molecule has 6 heteroatoms. The molecule has 0 saturated carbocycles. The molecule has 0 aliphatic rings. The fourth-order valence-corrected chi connectivity index (χ4v) is 3.25. The fraction of sp³-hybridized carbons (Fsp3) is 0.176. The van der Waals surface area contributed by atoms with Crippen LogP contribution in [0.5, 0.6) is 5.75 Å².